The summed E-state index contributed by atoms with van der Waals surface area (Å²) in [6.45, 7) is 5.77. The van der Waals surface area contributed by atoms with Crippen LogP contribution in [0.25, 0.3) is 0 Å². The van der Waals surface area contributed by atoms with Gasteiger partial charge in [-0.05, 0) is 25.7 Å². The van der Waals surface area contributed by atoms with Gasteiger partial charge in [-0.25, -0.2) is 0 Å². The molecule has 1 saturated heterocycles. The molecule has 1 aliphatic heterocycles. The largest absolute Gasteiger partial charge is 0.363 e. The summed E-state index contributed by atoms with van der Waals surface area (Å²) >= 11 is 5.22. The summed E-state index contributed by atoms with van der Waals surface area (Å²) in [5.41, 5.74) is 2.37. The van der Waals surface area contributed by atoms with Crippen molar-refractivity contribution in [2.45, 2.75) is 83.6 Å². The fourth-order valence-corrected chi connectivity index (χ4v) is 3.52. The van der Waals surface area contributed by atoms with E-state index >= 15 is 0 Å². The molecule has 0 aliphatic carbocycles. The first-order valence-corrected chi connectivity index (χ1v) is 7.98. The molecular formula is C15H29NS. The molecule has 0 unspecified atom stereocenters. The number of thiocarbonyl (C=S) groups is 1. The third-order valence-corrected chi connectivity index (χ3v) is 4.52. The van der Waals surface area contributed by atoms with Gasteiger partial charge in [0.1, 0.15) is 0 Å². The smallest absolute Gasteiger partial charge is 0.0645 e. The van der Waals surface area contributed by atoms with Crippen molar-refractivity contribution in [2.75, 3.05) is 6.54 Å². The van der Waals surface area contributed by atoms with Gasteiger partial charge in [-0.2, -0.15) is 0 Å². The third kappa shape index (κ3) is 4.24. The first-order chi connectivity index (χ1) is 8.29. The van der Waals surface area contributed by atoms with Gasteiger partial charge in [-0.15, -0.1) is 0 Å². The van der Waals surface area contributed by atoms with Gasteiger partial charge < -0.3 is 4.90 Å². The molecule has 100 valence electrons. The van der Waals surface area contributed by atoms with Crippen LogP contribution in [0.4, 0.5) is 0 Å². The van der Waals surface area contributed by atoms with E-state index in [-0.39, 0.29) is 0 Å². The molecule has 0 aromatic carbocycles. The van der Waals surface area contributed by atoms with Crippen LogP contribution in [0.2, 0.25) is 0 Å². The van der Waals surface area contributed by atoms with Crippen molar-refractivity contribution in [1.29, 1.82) is 0 Å². The highest BCUT2D eigenvalue weighted by molar-refractivity contribution is 7.78. The van der Waals surface area contributed by atoms with Gasteiger partial charge in [0.2, 0.25) is 0 Å². The normalized spacial score (nSPS) is 18.6. The quantitative estimate of drug-likeness (QED) is 0.424. The summed E-state index contributed by atoms with van der Waals surface area (Å²) in [6.07, 6.45) is 13.6. The molecule has 0 amide bonds. The van der Waals surface area contributed by atoms with Crippen LogP contribution in [0.15, 0.2) is 0 Å². The van der Waals surface area contributed by atoms with E-state index < -0.39 is 0 Å². The molecular weight excluding hydrogens is 226 g/mol. The molecule has 0 N–H and O–H groups in total. The highest BCUT2D eigenvalue weighted by atomic mass is 32.1. The predicted molar refractivity (Wildman–Crippen MR) is 80.6 cm³/mol. The summed E-state index contributed by atoms with van der Waals surface area (Å²) < 4.78 is 0. The maximum absolute atomic E-state index is 5.22. The zero-order chi connectivity index (χ0) is 12.6. The summed E-state index contributed by atoms with van der Waals surface area (Å²) in [5.74, 6) is 0. The van der Waals surface area contributed by atoms with E-state index in [1.807, 2.05) is 5.49 Å². The number of likely N-dealkylation sites (tertiary alicyclic amines) is 1. The molecule has 1 aliphatic rings. The lowest BCUT2D eigenvalue weighted by Crippen LogP contribution is -2.42. The van der Waals surface area contributed by atoms with Crippen molar-refractivity contribution in [1.82, 2.24) is 4.90 Å². The Hall–Kier alpha value is -0.110. The van der Waals surface area contributed by atoms with Crippen LogP contribution in [0.3, 0.4) is 0 Å². The molecule has 1 fully saturated rings. The van der Waals surface area contributed by atoms with Gasteiger partial charge in [-0.3, -0.25) is 0 Å². The monoisotopic (exact) mass is 255 g/mol. The molecule has 17 heavy (non-hydrogen) atoms. The number of hydrogen-bond acceptors (Lipinski definition) is 1. The fourth-order valence-electron chi connectivity index (χ4n) is 3.19. The van der Waals surface area contributed by atoms with E-state index in [0.29, 0.717) is 5.54 Å². The standard InChI is InChI=1S/C15H29NS/c1-3-5-7-10-15(11-8-6-4-2)12-9-13-16(15)14-17/h14H,3-13H2,1-2H3. The molecule has 0 aromatic heterocycles. The van der Waals surface area contributed by atoms with E-state index in [2.05, 4.69) is 18.7 Å². The van der Waals surface area contributed by atoms with Gasteiger partial charge in [0.05, 0.1) is 5.49 Å². The summed E-state index contributed by atoms with van der Waals surface area (Å²) in [6, 6.07) is 0. The molecule has 0 atom stereocenters. The van der Waals surface area contributed by atoms with Gasteiger partial charge in [0.15, 0.2) is 0 Å². The lowest BCUT2D eigenvalue weighted by molar-refractivity contribution is 0.193. The average molecular weight is 255 g/mol. The zero-order valence-electron chi connectivity index (χ0n) is 11.7. The van der Waals surface area contributed by atoms with Crippen LogP contribution >= 0.6 is 12.2 Å². The average Bonchev–Trinajstić information content (AvgIpc) is 2.73. The first kappa shape index (κ1) is 14.9. The Morgan fingerprint density at radius 2 is 1.65 bits per heavy atom. The Bertz CT molecular complexity index is 205. The van der Waals surface area contributed by atoms with Crippen LogP contribution in [-0.4, -0.2) is 22.5 Å². The minimum atomic E-state index is 0.437. The van der Waals surface area contributed by atoms with Crippen LogP contribution in [0.5, 0.6) is 0 Å². The van der Waals surface area contributed by atoms with Gasteiger partial charge in [0, 0.05) is 12.1 Å². The van der Waals surface area contributed by atoms with E-state index in [1.165, 1.54) is 70.8 Å². The van der Waals surface area contributed by atoms with Crippen LogP contribution in [-0.2, 0) is 0 Å². The topological polar surface area (TPSA) is 3.24 Å². The highest BCUT2D eigenvalue weighted by Gasteiger charge is 2.37. The Balaban J connectivity index is 2.52. The number of nitrogens with zero attached hydrogens (tertiary/aromatic N) is 1. The number of hydrogen-bond donors (Lipinski definition) is 0. The highest BCUT2D eigenvalue weighted by Crippen LogP contribution is 2.37. The molecule has 0 saturated carbocycles. The number of rotatable bonds is 9. The van der Waals surface area contributed by atoms with Gasteiger partial charge in [-0.1, -0.05) is 64.6 Å². The Morgan fingerprint density at radius 3 is 2.12 bits per heavy atom. The summed E-state index contributed by atoms with van der Waals surface area (Å²) in [4.78, 5) is 2.48. The molecule has 0 spiro atoms. The maximum atomic E-state index is 5.22. The molecule has 0 radical (unpaired) electrons. The van der Waals surface area contributed by atoms with Crippen LogP contribution < -0.4 is 0 Å². The summed E-state index contributed by atoms with van der Waals surface area (Å²) in [5, 5.41) is 0. The Labute approximate surface area is 113 Å². The molecule has 1 nitrogen and oxygen atoms in total. The minimum Gasteiger partial charge on any atom is -0.363 e. The molecule has 1 heterocycles. The first-order valence-electron chi connectivity index (χ1n) is 7.51. The molecule has 0 aromatic rings. The molecule has 1 rings (SSSR count). The van der Waals surface area contributed by atoms with Crippen molar-refractivity contribution in [3.8, 4) is 0 Å². The van der Waals surface area contributed by atoms with E-state index in [4.69, 9.17) is 12.2 Å². The van der Waals surface area contributed by atoms with Crippen LogP contribution in [0.1, 0.15) is 78.1 Å². The van der Waals surface area contributed by atoms with Crippen molar-refractivity contribution in [2.24, 2.45) is 0 Å². The third-order valence-electron chi connectivity index (χ3n) is 4.27. The second-order valence-corrected chi connectivity index (χ2v) is 5.75. The second-order valence-electron chi connectivity index (χ2n) is 5.54. The minimum absolute atomic E-state index is 0.437. The zero-order valence-corrected chi connectivity index (χ0v) is 12.5. The maximum Gasteiger partial charge on any atom is 0.0645 e. The lowest BCUT2D eigenvalue weighted by Gasteiger charge is -2.38. The van der Waals surface area contributed by atoms with Crippen molar-refractivity contribution < 1.29 is 0 Å². The summed E-state index contributed by atoms with van der Waals surface area (Å²) in [7, 11) is 0. The lowest BCUT2D eigenvalue weighted by atomic mass is 9.84. The van der Waals surface area contributed by atoms with Gasteiger partial charge in [0.25, 0.3) is 0 Å². The van der Waals surface area contributed by atoms with Crippen LogP contribution in [0, 0.1) is 0 Å². The van der Waals surface area contributed by atoms with Gasteiger partial charge >= 0.3 is 0 Å². The van der Waals surface area contributed by atoms with E-state index in [9.17, 15) is 0 Å². The van der Waals surface area contributed by atoms with Crippen molar-refractivity contribution >= 4 is 17.7 Å². The molecule has 0 bridgehead atoms. The predicted octanol–water partition coefficient (Wildman–Crippen LogP) is 4.94. The van der Waals surface area contributed by atoms with Crippen molar-refractivity contribution in [3.63, 3.8) is 0 Å². The van der Waals surface area contributed by atoms with E-state index in [0.717, 1.165) is 0 Å². The second kappa shape index (κ2) is 8.07. The fraction of sp³-hybridized carbons (Fsp3) is 0.933. The molecule has 2 heteroatoms. The Kier molecular flexibility index (Phi) is 7.10. The Morgan fingerprint density at radius 1 is 1.06 bits per heavy atom. The van der Waals surface area contributed by atoms with E-state index in [1.54, 1.807) is 0 Å². The number of unbranched alkanes of at least 4 members (excludes halogenated alkanes) is 4. The van der Waals surface area contributed by atoms with Crippen molar-refractivity contribution in [3.05, 3.63) is 0 Å². The SMILES string of the molecule is CCCCCC1(CCCCC)CCCN1C=S.